The SMILES string of the molecule is CNC(Cc1ccc(Br)cc1)c1cc(C)nc(C)c1. The Hall–Kier alpha value is -1.19. The molecule has 2 nitrogen and oxygen atoms in total. The lowest BCUT2D eigenvalue weighted by Crippen LogP contribution is -2.19. The van der Waals surface area contributed by atoms with Crippen molar-refractivity contribution in [2.24, 2.45) is 0 Å². The number of hydrogen-bond donors (Lipinski definition) is 1. The summed E-state index contributed by atoms with van der Waals surface area (Å²) in [5.41, 5.74) is 4.78. The van der Waals surface area contributed by atoms with Crippen molar-refractivity contribution >= 4 is 15.9 Å². The normalized spacial score (nSPS) is 12.4. The first-order chi connectivity index (χ1) is 9.08. The van der Waals surface area contributed by atoms with Gasteiger partial charge in [-0.2, -0.15) is 0 Å². The molecule has 0 aliphatic heterocycles. The highest BCUT2D eigenvalue weighted by Gasteiger charge is 2.11. The van der Waals surface area contributed by atoms with Crippen molar-refractivity contribution in [1.82, 2.24) is 10.3 Å². The number of aromatic nitrogens is 1. The molecule has 1 aromatic heterocycles. The third-order valence-electron chi connectivity index (χ3n) is 3.21. The van der Waals surface area contributed by atoms with Gasteiger partial charge in [0.15, 0.2) is 0 Å². The van der Waals surface area contributed by atoms with E-state index in [1.165, 1.54) is 11.1 Å². The number of nitrogens with one attached hydrogen (secondary N) is 1. The lowest BCUT2D eigenvalue weighted by Gasteiger charge is -2.18. The summed E-state index contributed by atoms with van der Waals surface area (Å²) in [7, 11) is 2.01. The van der Waals surface area contributed by atoms with Gasteiger partial charge in [0.1, 0.15) is 0 Å². The van der Waals surface area contributed by atoms with E-state index in [0.717, 1.165) is 22.3 Å². The van der Waals surface area contributed by atoms with Crippen LogP contribution in [0.5, 0.6) is 0 Å². The van der Waals surface area contributed by atoms with Crippen LogP contribution in [-0.2, 0) is 6.42 Å². The van der Waals surface area contributed by atoms with Crippen LogP contribution in [0.3, 0.4) is 0 Å². The average Bonchev–Trinajstić information content (AvgIpc) is 2.37. The van der Waals surface area contributed by atoms with Crippen LogP contribution in [0.15, 0.2) is 40.9 Å². The predicted molar refractivity (Wildman–Crippen MR) is 83.4 cm³/mol. The quantitative estimate of drug-likeness (QED) is 0.922. The van der Waals surface area contributed by atoms with E-state index in [0.29, 0.717) is 6.04 Å². The summed E-state index contributed by atoms with van der Waals surface area (Å²) in [6, 6.07) is 13.1. The van der Waals surface area contributed by atoms with Gasteiger partial charge in [0.25, 0.3) is 0 Å². The molecule has 0 saturated heterocycles. The molecule has 0 amide bonds. The molecule has 0 aliphatic carbocycles. The van der Waals surface area contributed by atoms with E-state index in [2.05, 4.69) is 62.6 Å². The Morgan fingerprint density at radius 2 is 1.68 bits per heavy atom. The second kappa shape index (κ2) is 6.31. The van der Waals surface area contributed by atoms with Crippen LogP contribution in [0.25, 0.3) is 0 Å². The molecule has 1 heterocycles. The van der Waals surface area contributed by atoms with Crippen LogP contribution in [0, 0.1) is 13.8 Å². The summed E-state index contributed by atoms with van der Waals surface area (Å²) in [5, 5.41) is 3.40. The van der Waals surface area contributed by atoms with Crippen molar-refractivity contribution in [3.63, 3.8) is 0 Å². The maximum absolute atomic E-state index is 4.44. The predicted octanol–water partition coefficient (Wildman–Crippen LogP) is 3.96. The topological polar surface area (TPSA) is 24.9 Å². The standard InChI is InChI=1S/C16H19BrN2/c1-11-8-14(9-12(2)19-11)16(18-3)10-13-4-6-15(17)7-5-13/h4-9,16,18H,10H2,1-3H3. The summed E-state index contributed by atoms with van der Waals surface area (Å²) in [5.74, 6) is 0. The smallest absolute Gasteiger partial charge is 0.0379 e. The molecular formula is C16H19BrN2. The van der Waals surface area contributed by atoms with Gasteiger partial charge in [-0.3, -0.25) is 4.98 Å². The van der Waals surface area contributed by atoms with Gasteiger partial charge in [0, 0.05) is 21.9 Å². The Labute approximate surface area is 123 Å². The molecule has 100 valence electrons. The maximum Gasteiger partial charge on any atom is 0.0379 e. The minimum absolute atomic E-state index is 0.321. The van der Waals surface area contributed by atoms with Crippen molar-refractivity contribution < 1.29 is 0 Å². The fourth-order valence-corrected chi connectivity index (χ4v) is 2.58. The summed E-state index contributed by atoms with van der Waals surface area (Å²) in [6.45, 7) is 4.09. The maximum atomic E-state index is 4.44. The van der Waals surface area contributed by atoms with Crippen molar-refractivity contribution in [2.45, 2.75) is 26.3 Å². The first-order valence-electron chi connectivity index (χ1n) is 6.45. The van der Waals surface area contributed by atoms with E-state index >= 15 is 0 Å². The Balaban J connectivity index is 2.22. The largest absolute Gasteiger partial charge is 0.313 e. The Morgan fingerprint density at radius 1 is 1.11 bits per heavy atom. The first kappa shape index (κ1) is 14.2. The molecule has 0 saturated carbocycles. The lowest BCUT2D eigenvalue weighted by molar-refractivity contribution is 0.590. The van der Waals surface area contributed by atoms with Gasteiger partial charge in [-0.25, -0.2) is 0 Å². The highest BCUT2D eigenvalue weighted by atomic mass is 79.9. The Kier molecular flexibility index (Phi) is 4.72. The fourth-order valence-electron chi connectivity index (χ4n) is 2.31. The number of benzene rings is 1. The van der Waals surface area contributed by atoms with Crippen LogP contribution in [0.2, 0.25) is 0 Å². The van der Waals surface area contributed by atoms with Crippen LogP contribution >= 0.6 is 15.9 Å². The van der Waals surface area contributed by atoms with Crippen molar-refractivity contribution in [1.29, 1.82) is 0 Å². The zero-order chi connectivity index (χ0) is 13.8. The Morgan fingerprint density at radius 3 is 2.21 bits per heavy atom. The molecule has 2 aromatic rings. The van der Waals surface area contributed by atoms with Crippen LogP contribution < -0.4 is 5.32 Å². The third kappa shape index (κ3) is 3.88. The van der Waals surface area contributed by atoms with Gasteiger partial charge in [-0.1, -0.05) is 28.1 Å². The average molecular weight is 319 g/mol. The van der Waals surface area contributed by atoms with Gasteiger partial charge >= 0.3 is 0 Å². The van der Waals surface area contributed by atoms with Gasteiger partial charge in [-0.05, 0) is 62.7 Å². The van der Waals surface area contributed by atoms with E-state index in [4.69, 9.17) is 0 Å². The molecule has 0 spiro atoms. The number of rotatable bonds is 4. The third-order valence-corrected chi connectivity index (χ3v) is 3.74. The van der Waals surface area contributed by atoms with Crippen LogP contribution in [0.4, 0.5) is 0 Å². The molecule has 2 rings (SSSR count). The van der Waals surface area contributed by atoms with E-state index in [-0.39, 0.29) is 0 Å². The minimum Gasteiger partial charge on any atom is -0.313 e. The molecule has 0 aliphatic rings. The van der Waals surface area contributed by atoms with E-state index < -0.39 is 0 Å². The lowest BCUT2D eigenvalue weighted by atomic mass is 9.98. The molecule has 0 fully saturated rings. The van der Waals surface area contributed by atoms with Crippen molar-refractivity contribution in [2.75, 3.05) is 7.05 Å². The molecule has 1 aromatic carbocycles. The molecule has 3 heteroatoms. The van der Waals surface area contributed by atoms with E-state index in [1.807, 2.05) is 20.9 Å². The van der Waals surface area contributed by atoms with Gasteiger partial charge in [0.05, 0.1) is 0 Å². The number of hydrogen-bond acceptors (Lipinski definition) is 2. The molecule has 1 N–H and O–H groups in total. The summed E-state index contributed by atoms with van der Waals surface area (Å²) >= 11 is 3.47. The summed E-state index contributed by atoms with van der Waals surface area (Å²) < 4.78 is 1.12. The molecule has 1 atom stereocenters. The number of aryl methyl sites for hydroxylation is 2. The van der Waals surface area contributed by atoms with Gasteiger partial charge in [-0.15, -0.1) is 0 Å². The Bertz CT molecular complexity index is 529. The molecule has 0 bridgehead atoms. The highest BCUT2D eigenvalue weighted by molar-refractivity contribution is 9.10. The summed E-state index contributed by atoms with van der Waals surface area (Å²) in [6.07, 6.45) is 0.979. The van der Waals surface area contributed by atoms with E-state index in [1.54, 1.807) is 0 Å². The number of halogens is 1. The molecule has 0 radical (unpaired) electrons. The molecular weight excluding hydrogens is 300 g/mol. The number of likely N-dealkylation sites (N-methyl/N-ethyl adjacent to an activating group) is 1. The second-order valence-electron chi connectivity index (χ2n) is 4.86. The van der Waals surface area contributed by atoms with Crippen molar-refractivity contribution in [3.8, 4) is 0 Å². The number of nitrogens with zero attached hydrogens (tertiary/aromatic N) is 1. The number of pyridine rings is 1. The molecule has 1 unspecified atom stereocenters. The minimum atomic E-state index is 0.321. The monoisotopic (exact) mass is 318 g/mol. The zero-order valence-electron chi connectivity index (χ0n) is 11.6. The van der Waals surface area contributed by atoms with Crippen LogP contribution in [-0.4, -0.2) is 12.0 Å². The van der Waals surface area contributed by atoms with Gasteiger partial charge < -0.3 is 5.32 Å². The van der Waals surface area contributed by atoms with Crippen molar-refractivity contribution in [3.05, 3.63) is 63.4 Å². The van der Waals surface area contributed by atoms with Gasteiger partial charge in [0.2, 0.25) is 0 Å². The fraction of sp³-hybridized carbons (Fsp3) is 0.312. The van der Waals surface area contributed by atoms with E-state index in [9.17, 15) is 0 Å². The zero-order valence-corrected chi connectivity index (χ0v) is 13.2. The van der Waals surface area contributed by atoms with Crippen LogP contribution in [0.1, 0.15) is 28.6 Å². The summed E-state index contributed by atoms with van der Waals surface area (Å²) in [4.78, 5) is 4.44. The second-order valence-corrected chi connectivity index (χ2v) is 5.77. The molecule has 19 heavy (non-hydrogen) atoms. The highest BCUT2D eigenvalue weighted by Crippen LogP contribution is 2.20. The first-order valence-corrected chi connectivity index (χ1v) is 7.24.